The van der Waals surface area contributed by atoms with Gasteiger partial charge in [-0.2, -0.15) is 26.8 Å². The second-order valence-corrected chi connectivity index (χ2v) is 15.4. The van der Waals surface area contributed by atoms with E-state index in [0.717, 1.165) is 21.5 Å². The van der Waals surface area contributed by atoms with E-state index in [1.165, 1.54) is 36.5 Å². The maximum absolute atomic E-state index is 12.7. The van der Waals surface area contributed by atoms with Crippen molar-refractivity contribution in [3.63, 3.8) is 0 Å². The molecule has 8 rings (SSSR count). The maximum Gasteiger partial charge on any atom is 1.00 e. The van der Waals surface area contributed by atoms with Crippen molar-refractivity contribution in [2.75, 3.05) is 10.6 Å². The minimum Gasteiger partial charge on any atom is -1.00 e. The topological polar surface area (TPSA) is 203 Å². The zero-order chi connectivity index (χ0) is 40.3. The fraction of sp³-hybridized carbons (Fsp3) is 0. The van der Waals surface area contributed by atoms with E-state index >= 15 is 0 Å². The Labute approximate surface area is 361 Å². The van der Waals surface area contributed by atoms with Gasteiger partial charge in [0, 0.05) is 30.2 Å². The van der Waals surface area contributed by atoms with Crippen molar-refractivity contribution in [3.05, 3.63) is 157 Å². The van der Waals surface area contributed by atoms with Crippen molar-refractivity contribution in [2.24, 2.45) is 0 Å². The average molecular weight is 835 g/mol. The average Bonchev–Trinajstić information content (AvgIpc) is 3.20. The van der Waals surface area contributed by atoms with Gasteiger partial charge < -0.3 is 21.5 Å². The molecule has 0 saturated heterocycles. The Morgan fingerprint density at radius 1 is 0.542 bits per heavy atom. The van der Waals surface area contributed by atoms with Gasteiger partial charge in [0.15, 0.2) is 0 Å². The van der Waals surface area contributed by atoms with Crippen LogP contribution in [0.3, 0.4) is 0 Å². The zero-order valence-electron chi connectivity index (χ0n) is 32.0. The number of rotatable bonds is 12. The molecule has 0 aliphatic carbocycles. The summed E-state index contributed by atoms with van der Waals surface area (Å²) in [5, 5.41) is 9.79. The van der Waals surface area contributed by atoms with Gasteiger partial charge in [-0.05, 0) is 75.1 Å². The van der Waals surface area contributed by atoms with E-state index in [4.69, 9.17) is 9.47 Å². The SMILES string of the molecule is O=S(=O)(O)c1c(C=Cc2ccc(Nc3nccc(Oc4ccc5ccccc5c4)n3)cc2)ccc(Nc2nccc(Oc3ccc4ccccc4c3)n2)c1S(=O)(=O)O.[H-].[Na+]. The Bertz CT molecular complexity index is 3110. The van der Waals surface area contributed by atoms with Crippen LogP contribution in [0.1, 0.15) is 12.6 Å². The van der Waals surface area contributed by atoms with Gasteiger partial charge in [0.25, 0.3) is 20.2 Å². The first-order valence-corrected chi connectivity index (χ1v) is 20.3. The molecule has 2 aromatic heterocycles. The second-order valence-electron chi connectivity index (χ2n) is 12.7. The van der Waals surface area contributed by atoms with E-state index in [0.29, 0.717) is 28.6 Å². The Hall–Kier alpha value is -6.24. The van der Waals surface area contributed by atoms with Crippen LogP contribution in [0.25, 0.3) is 33.7 Å². The Morgan fingerprint density at radius 2 is 1.05 bits per heavy atom. The molecule has 0 fully saturated rings. The zero-order valence-corrected chi connectivity index (χ0v) is 34.6. The third-order valence-corrected chi connectivity index (χ3v) is 10.7. The number of aromatic nitrogens is 4. The van der Waals surface area contributed by atoms with Gasteiger partial charge >= 0.3 is 29.6 Å². The molecule has 0 amide bonds. The summed E-state index contributed by atoms with van der Waals surface area (Å²) in [5.74, 6) is 1.61. The third kappa shape index (κ3) is 9.90. The number of benzene rings is 6. The summed E-state index contributed by atoms with van der Waals surface area (Å²) in [4.78, 5) is 14.9. The van der Waals surface area contributed by atoms with Gasteiger partial charge in [-0.25, -0.2) is 9.97 Å². The largest absolute Gasteiger partial charge is 1.00 e. The molecule has 59 heavy (non-hydrogen) atoms. The maximum atomic E-state index is 12.7. The molecule has 0 unspecified atom stereocenters. The summed E-state index contributed by atoms with van der Waals surface area (Å²) < 4.78 is 83.3. The van der Waals surface area contributed by atoms with E-state index in [9.17, 15) is 25.9 Å². The summed E-state index contributed by atoms with van der Waals surface area (Å²) >= 11 is 0. The number of ether oxygens (including phenoxy) is 2. The van der Waals surface area contributed by atoms with E-state index in [1.807, 2.05) is 78.9 Å². The molecular formula is C42H31N6NaO8S2. The molecule has 0 aliphatic rings. The van der Waals surface area contributed by atoms with Crippen LogP contribution in [-0.2, 0) is 20.2 Å². The minimum absolute atomic E-state index is 0. The molecule has 2 heterocycles. The van der Waals surface area contributed by atoms with Crippen molar-refractivity contribution < 1.29 is 66.4 Å². The molecule has 0 spiro atoms. The monoisotopic (exact) mass is 834 g/mol. The van der Waals surface area contributed by atoms with Crippen LogP contribution in [0.2, 0.25) is 0 Å². The molecule has 0 aliphatic heterocycles. The van der Waals surface area contributed by atoms with Crippen molar-refractivity contribution >= 4 is 77.2 Å². The first-order valence-electron chi connectivity index (χ1n) is 17.4. The van der Waals surface area contributed by atoms with Crippen molar-refractivity contribution in [1.29, 1.82) is 0 Å². The van der Waals surface area contributed by atoms with Crippen LogP contribution >= 0.6 is 0 Å². The fourth-order valence-electron chi connectivity index (χ4n) is 6.06. The standard InChI is InChI=1S/C42H30N6O8S2.Na.H/c49-57(50,51)39-30(12-9-27-10-16-33(17-11-27)45-41-43-23-21-37(47-41)55-34-18-13-28-5-1-3-7-31(28)25-34)15-20-36(40(39)58(52,53)54)46-42-44-24-22-38(48-42)56-35-19-14-29-6-2-4-8-32(29)26-35;;/h1-26H,(H,43,45,47)(H,44,46,48)(H,49,50,51)(H,52,53,54);;/q;+1;-1. The fourth-order valence-corrected chi connectivity index (χ4v) is 8.22. The molecule has 17 heteroatoms. The van der Waals surface area contributed by atoms with Crippen molar-refractivity contribution in [3.8, 4) is 23.3 Å². The Balaban J connectivity index is 0.00000302. The molecule has 8 aromatic rings. The summed E-state index contributed by atoms with van der Waals surface area (Å²) in [6, 6.07) is 39.2. The first kappa shape index (κ1) is 40.9. The van der Waals surface area contributed by atoms with Gasteiger partial charge in [-0.15, -0.1) is 0 Å². The van der Waals surface area contributed by atoms with Gasteiger partial charge in [-0.1, -0.05) is 91.0 Å². The molecule has 0 bridgehead atoms. The third-order valence-electron chi connectivity index (χ3n) is 8.67. The molecule has 0 saturated carbocycles. The van der Waals surface area contributed by atoms with Gasteiger partial charge in [0.2, 0.25) is 23.7 Å². The van der Waals surface area contributed by atoms with E-state index in [-0.39, 0.29) is 54.3 Å². The van der Waals surface area contributed by atoms with Crippen LogP contribution < -0.4 is 49.7 Å². The normalized spacial score (nSPS) is 11.6. The minimum atomic E-state index is -5.27. The number of fused-ring (bicyclic) bond motifs is 2. The smallest absolute Gasteiger partial charge is 1.00 e. The molecule has 290 valence electrons. The van der Waals surface area contributed by atoms with E-state index in [2.05, 4.69) is 30.6 Å². The Kier molecular flexibility index (Phi) is 12.0. The first-order chi connectivity index (χ1) is 27.9. The summed E-state index contributed by atoms with van der Waals surface area (Å²) in [6.45, 7) is 0. The number of anilines is 4. The van der Waals surface area contributed by atoms with E-state index in [1.54, 1.807) is 42.6 Å². The molecule has 0 atom stereocenters. The number of hydrogen-bond acceptors (Lipinski definition) is 12. The van der Waals surface area contributed by atoms with Crippen LogP contribution in [0.4, 0.5) is 23.3 Å². The van der Waals surface area contributed by atoms with Gasteiger partial charge in [-0.3, -0.25) is 9.11 Å². The van der Waals surface area contributed by atoms with Gasteiger partial charge in [0.05, 0.1) is 5.69 Å². The molecule has 4 N–H and O–H groups in total. The Morgan fingerprint density at radius 3 is 1.58 bits per heavy atom. The molecule has 6 aromatic carbocycles. The van der Waals surface area contributed by atoms with Crippen LogP contribution in [-0.4, -0.2) is 45.9 Å². The number of nitrogens with zero attached hydrogens (tertiary/aromatic N) is 4. The second kappa shape index (κ2) is 17.3. The van der Waals surface area contributed by atoms with Crippen molar-refractivity contribution in [2.45, 2.75) is 9.79 Å². The predicted octanol–water partition coefficient (Wildman–Crippen LogP) is 6.43. The summed E-state index contributed by atoms with van der Waals surface area (Å²) in [7, 11) is -10.5. The molecular weight excluding hydrogens is 804 g/mol. The summed E-state index contributed by atoms with van der Waals surface area (Å²) in [5.41, 5.74) is 0.554. The van der Waals surface area contributed by atoms with Crippen LogP contribution in [0.15, 0.2) is 156 Å². The number of nitrogens with one attached hydrogen (secondary N) is 2. The molecule has 0 radical (unpaired) electrons. The number of hydrogen-bond donors (Lipinski definition) is 4. The molecule has 14 nitrogen and oxygen atoms in total. The predicted molar refractivity (Wildman–Crippen MR) is 221 cm³/mol. The van der Waals surface area contributed by atoms with Crippen molar-refractivity contribution in [1.82, 2.24) is 19.9 Å². The summed E-state index contributed by atoms with van der Waals surface area (Å²) in [6.07, 6.45) is 5.69. The van der Waals surface area contributed by atoms with Crippen LogP contribution in [0.5, 0.6) is 23.3 Å². The van der Waals surface area contributed by atoms with Crippen LogP contribution in [0, 0.1) is 0 Å². The quantitative estimate of drug-likeness (QED) is 0.0596. The van der Waals surface area contributed by atoms with E-state index < -0.39 is 35.7 Å². The van der Waals surface area contributed by atoms with Gasteiger partial charge in [0.1, 0.15) is 21.3 Å².